The molecule has 3 amide bonds. The molecule has 0 saturated carbocycles. The summed E-state index contributed by atoms with van der Waals surface area (Å²) in [6.45, 7) is 2.43. The molecule has 4 aliphatic heterocycles. The highest BCUT2D eigenvalue weighted by Gasteiger charge is 2.62. The summed E-state index contributed by atoms with van der Waals surface area (Å²) in [5.41, 5.74) is 1.98. The van der Waals surface area contributed by atoms with Crippen molar-refractivity contribution in [2.45, 2.75) is 31.5 Å². The lowest BCUT2D eigenvalue weighted by atomic mass is 10.1. The molecule has 3 fully saturated rings. The Balaban J connectivity index is 1.25. The van der Waals surface area contributed by atoms with Crippen LogP contribution in [0.25, 0.3) is 0 Å². The molecule has 3 saturated heterocycles. The van der Waals surface area contributed by atoms with Gasteiger partial charge >= 0.3 is 6.03 Å². The van der Waals surface area contributed by atoms with Crippen molar-refractivity contribution in [3.63, 3.8) is 0 Å². The number of nitrogens with one attached hydrogen (secondary N) is 1. The van der Waals surface area contributed by atoms with E-state index in [9.17, 15) is 14.9 Å². The van der Waals surface area contributed by atoms with Crippen LogP contribution >= 0.6 is 23.8 Å². The van der Waals surface area contributed by atoms with E-state index < -0.39 is 6.04 Å². The second kappa shape index (κ2) is 7.48. The van der Waals surface area contributed by atoms with Gasteiger partial charge in [-0.05, 0) is 55.4 Å². The van der Waals surface area contributed by atoms with Gasteiger partial charge in [-0.25, -0.2) is 9.69 Å². The van der Waals surface area contributed by atoms with Gasteiger partial charge in [0.15, 0.2) is 16.6 Å². The SMILES string of the molecule is Cc1c(N2C(=O)[C@H]3C4CC(CN4C(=S)Nc4ccc5c(c4)OCO5)N3C2=O)ccc(C#N)c1Cl. The molecular formula is C23H18ClN5O4S. The number of rotatable bonds is 2. The number of carbonyl (C=O) groups is 2. The summed E-state index contributed by atoms with van der Waals surface area (Å²) in [6.07, 6.45) is 0.673. The molecule has 2 aromatic carbocycles. The van der Waals surface area contributed by atoms with Gasteiger partial charge in [0.2, 0.25) is 6.79 Å². The Labute approximate surface area is 205 Å². The number of benzene rings is 2. The van der Waals surface area contributed by atoms with Crippen molar-refractivity contribution in [3.05, 3.63) is 46.5 Å². The van der Waals surface area contributed by atoms with E-state index in [4.69, 9.17) is 33.3 Å². The fourth-order valence-corrected chi connectivity index (χ4v) is 5.82. The van der Waals surface area contributed by atoms with Crippen molar-refractivity contribution in [2.24, 2.45) is 0 Å². The molecule has 4 heterocycles. The van der Waals surface area contributed by atoms with Crippen molar-refractivity contribution in [1.29, 1.82) is 5.26 Å². The predicted molar refractivity (Wildman–Crippen MR) is 127 cm³/mol. The topological polar surface area (TPSA) is 98.1 Å². The number of anilines is 2. The summed E-state index contributed by atoms with van der Waals surface area (Å²) < 4.78 is 10.8. The third-order valence-corrected chi connectivity index (χ3v) is 7.69. The van der Waals surface area contributed by atoms with E-state index in [0.717, 1.165) is 5.69 Å². The molecule has 34 heavy (non-hydrogen) atoms. The molecule has 4 aliphatic rings. The summed E-state index contributed by atoms with van der Waals surface area (Å²) in [7, 11) is 0. The second-order valence-corrected chi connectivity index (χ2v) is 9.36. The molecule has 6 rings (SSSR count). The summed E-state index contributed by atoms with van der Waals surface area (Å²) in [4.78, 5) is 31.6. The van der Waals surface area contributed by atoms with Crippen LogP contribution in [0, 0.1) is 18.3 Å². The van der Waals surface area contributed by atoms with E-state index in [1.54, 1.807) is 17.9 Å². The van der Waals surface area contributed by atoms with E-state index in [-0.39, 0.29) is 35.8 Å². The van der Waals surface area contributed by atoms with Crippen molar-refractivity contribution in [3.8, 4) is 17.6 Å². The fourth-order valence-electron chi connectivity index (χ4n) is 5.29. The largest absolute Gasteiger partial charge is 0.454 e. The first-order valence-electron chi connectivity index (χ1n) is 10.7. The highest BCUT2D eigenvalue weighted by atomic mass is 35.5. The molecule has 0 spiro atoms. The molecule has 0 radical (unpaired) electrons. The maximum absolute atomic E-state index is 13.5. The van der Waals surface area contributed by atoms with E-state index in [1.165, 1.54) is 11.0 Å². The fraction of sp³-hybridized carbons (Fsp3) is 0.304. The summed E-state index contributed by atoms with van der Waals surface area (Å²) in [6, 6.07) is 9.29. The van der Waals surface area contributed by atoms with Gasteiger partial charge < -0.3 is 24.6 Å². The molecule has 2 bridgehead atoms. The number of urea groups is 1. The Bertz CT molecular complexity index is 1330. The molecule has 0 aromatic heterocycles. The number of hydrogen-bond acceptors (Lipinski definition) is 6. The lowest BCUT2D eigenvalue weighted by Crippen LogP contribution is -2.55. The Morgan fingerprint density at radius 3 is 2.82 bits per heavy atom. The Morgan fingerprint density at radius 2 is 2.03 bits per heavy atom. The first-order chi connectivity index (χ1) is 16.4. The summed E-state index contributed by atoms with van der Waals surface area (Å²) in [5, 5.41) is 13.2. The van der Waals surface area contributed by atoms with E-state index in [1.807, 2.05) is 29.2 Å². The number of nitriles is 1. The van der Waals surface area contributed by atoms with Crippen molar-refractivity contribution in [2.75, 3.05) is 23.6 Å². The summed E-state index contributed by atoms with van der Waals surface area (Å²) in [5.74, 6) is 1.02. The lowest BCUT2D eigenvalue weighted by molar-refractivity contribution is -0.120. The van der Waals surface area contributed by atoms with E-state index in [0.29, 0.717) is 46.4 Å². The smallest absolute Gasteiger partial charge is 0.332 e. The normalized spacial score (nSPS) is 24.0. The number of fused-ring (bicyclic) bond motifs is 6. The zero-order chi connectivity index (χ0) is 23.7. The number of imide groups is 1. The highest BCUT2D eigenvalue weighted by molar-refractivity contribution is 7.80. The number of likely N-dealkylation sites (tertiary alicyclic amines) is 1. The quantitative estimate of drug-likeness (QED) is 0.501. The van der Waals surface area contributed by atoms with Crippen LogP contribution < -0.4 is 19.7 Å². The molecule has 172 valence electrons. The van der Waals surface area contributed by atoms with Gasteiger partial charge in [0, 0.05) is 18.3 Å². The van der Waals surface area contributed by atoms with Crippen LogP contribution in [0.15, 0.2) is 30.3 Å². The number of thiocarbonyl (C=S) groups is 1. The lowest BCUT2D eigenvalue weighted by Gasteiger charge is -2.36. The molecular weight excluding hydrogens is 478 g/mol. The standard InChI is InChI=1S/C23H18ClN5O4S/c1-11-15(4-2-12(8-25)19(11)24)29-21(30)20-16-7-14(28(20)23(29)31)9-27(16)22(34)26-13-3-5-17-18(6-13)33-10-32-17/h2-6,14,16,20H,7,9-10H2,1H3,(H,26,34)/t14?,16?,20-/m1/s1. The Hall–Kier alpha value is -3.55. The Morgan fingerprint density at radius 1 is 1.24 bits per heavy atom. The van der Waals surface area contributed by atoms with Crippen molar-refractivity contribution >= 4 is 52.2 Å². The van der Waals surface area contributed by atoms with Crippen molar-refractivity contribution < 1.29 is 19.1 Å². The monoisotopic (exact) mass is 495 g/mol. The van der Waals surface area contributed by atoms with E-state index in [2.05, 4.69) is 5.32 Å². The zero-order valence-corrected chi connectivity index (χ0v) is 19.5. The van der Waals surface area contributed by atoms with Crippen LogP contribution in [0.1, 0.15) is 17.5 Å². The Kier molecular flexibility index (Phi) is 4.62. The van der Waals surface area contributed by atoms with Gasteiger partial charge in [-0.3, -0.25) is 4.79 Å². The zero-order valence-electron chi connectivity index (χ0n) is 17.9. The van der Waals surface area contributed by atoms with Gasteiger partial charge in [-0.15, -0.1) is 0 Å². The highest BCUT2D eigenvalue weighted by Crippen LogP contribution is 2.44. The number of ether oxygens (including phenoxy) is 2. The van der Waals surface area contributed by atoms with Gasteiger partial charge in [0.25, 0.3) is 5.91 Å². The number of carbonyl (C=O) groups excluding carboxylic acids is 2. The average molecular weight is 496 g/mol. The third-order valence-electron chi connectivity index (χ3n) is 6.87. The van der Waals surface area contributed by atoms with Gasteiger partial charge in [-0.2, -0.15) is 5.26 Å². The first kappa shape index (κ1) is 21.0. The van der Waals surface area contributed by atoms with E-state index >= 15 is 0 Å². The molecule has 2 unspecified atom stereocenters. The van der Waals surface area contributed by atoms with Crippen molar-refractivity contribution in [1.82, 2.24) is 9.80 Å². The molecule has 2 aromatic rings. The second-order valence-electron chi connectivity index (χ2n) is 8.60. The first-order valence-corrected chi connectivity index (χ1v) is 11.5. The van der Waals surface area contributed by atoms with Crippen LogP contribution in [0.3, 0.4) is 0 Å². The van der Waals surface area contributed by atoms with Crippen LogP contribution in [-0.4, -0.2) is 58.3 Å². The van der Waals surface area contributed by atoms with Crippen LogP contribution in [0.5, 0.6) is 11.5 Å². The van der Waals surface area contributed by atoms with Gasteiger partial charge in [-0.1, -0.05) is 11.6 Å². The van der Waals surface area contributed by atoms with Gasteiger partial charge in [0.05, 0.1) is 28.4 Å². The number of nitrogens with zero attached hydrogens (tertiary/aromatic N) is 4. The molecule has 0 aliphatic carbocycles. The summed E-state index contributed by atoms with van der Waals surface area (Å²) >= 11 is 12.0. The molecule has 1 N–H and O–H groups in total. The minimum absolute atomic E-state index is 0.123. The maximum Gasteiger partial charge on any atom is 0.332 e. The van der Waals surface area contributed by atoms with Crippen LogP contribution in [0.2, 0.25) is 5.02 Å². The van der Waals surface area contributed by atoms with Crippen LogP contribution in [0.4, 0.5) is 16.2 Å². The number of halogens is 1. The third kappa shape index (κ3) is 2.87. The minimum Gasteiger partial charge on any atom is -0.454 e. The minimum atomic E-state index is -0.628. The number of amides is 3. The maximum atomic E-state index is 13.5. The molecule has 9 nitrogen and oxygen atoms in total. The number of piperazine rings is 1. The van der Waals surface area contributed by atoms with Crippen LogP contribution in [-0.2, 0) is 4.79 Å². The molecule has 3 atom stereocenters. The predicted octanol–water partition coefficient (Wildman–Crippen LogP) is 3.24. The number of hydrogen-bond donors (Lipinski definition) is 1. The average Bonchev–Trinajstić information content (AvgIpc) is 3.59. The molecule has 11 heteroatoms. The van der Waals surface area contributed by atoms with Gasteiger partial charge in [0.1, 0.15) is 12.1 Å².